The minimum absolute atomic E-state index is 0.0441. The van der Waals surface area contributed by atoms with E-state index in [1.807, 2.05) is 54.6 Å². The smallest absolute Gasteiger partial charge is 0.222 e. The lowest BCUT2D eigenvalue weighted by atomic mass is 10.0. The van der Waals surface area contributed by atoms with Gasteiger partial charge in [-0.25, -0.2) is 0 Å². The van der Waals surface area contributed by atoms with Crippen LogP contribution < -0.4 is 11.1 Å². The summed E-state index contributed by atoms with van der Waals surface area (Å²) in [4.78, 5) is 12.0. The van der Waals surface area contributed by atoms with Gasteiger partial charge in [0.05, 0.1) is 6.61 Å². The highest BCUT2D eigenvalue weighted by molar-refractivity contribution is 5.76. The summed E-state index contributed by atoms with van der Waals surface area (Å²) in [6.45, 7) is 1.10. The van der Waals surface area contributed by atoms with Gasteiger partial charge < -0.3 is 15.8 Å². The molecule has 0 aliphatic carbocycles. The first kappa shape index (κ1) is 16.2. The van der Waals surface area contributed by atoms with Crippen molar-refractivity contribution in [3.63, 3.8) is 0 Å². The normalized spacial score (nSPS) is 11.9. The van der Waals surface area contributed by atoms with E-state index < -0.39 is 0 Å². The Morgan fingerprint density at radius 2 is 1.73 bits per heavy atom. The number of benzene rings is 2. The van der Waals surface area contributed by atoms with Gasteiger partial charge in [0.2, 0.25) is 5.91 Å². The number of nitrogens with two attached hydrogens (primary N) is 1. The van der Waals surface area contributed by atoms with Crippen LogP contribution in [0.25, 0.3) is 0 Å². The first-order chi connectivity index (χ1) is 10.7. The van der Waals surface area contributed by atoms with Crippen molar-refractivity contribution in [2.45, 2.75) is 25.6 Å². The highest BCUT2D eigenvalue weighted by atomic mass is 16.5. The zero-order valence-electron chi connectivity index (χ0n) is 12.8. The molecule has 2 rings (SSSR count). The van der Waals surface area contributed by atoms with E-state index in [0.29, 0.717) is 13.2 Å². The standard InChI is InChI=1S/C18H22N2O2/c1-22-13-15-9-7-14(8-10-15)12-20-18(21)11-17(19)16-5-3-2-4-6-16/h2-10,17H,11-13,19H2,1H3,(H,20,21). The summed E-state index contributed by atoms with van der Waals surface area (Å²) in [6, 6.07) is 17.4. The Bertz CT molecular complexity index is 582. The number of ether oxygens (including phenoxy) is 1. The second kappa shape index (κ2) is 8.32. The maximum atomic E-state index is 12.0. The van der Waals surface area contributed by atoms with Gasteiger partial charge in [-0.05, 0) is 16.7 Å². The number of amides is 1. The molecule has 4 nitrogen and oxygen atoms in total. The maximum Gasteiger partial charge on any atom is 0.222 e. The van der Waals surface area contributed by atoms with Gasteiger partial charge in [0.25, 0.3) is 0 Å². The van der Waals surface area contributed by atoms with Crippen LogP contribution in [0.15, 0.2) is 54.6 Å². The lowest BCUT2D eigenvalue weighted by molar-refractivity contribution is -0.121. The van der Waals surface area contributed by atoms with E-state index in [1.54, 1.807) is 7.11 Å². The fourth-order valence-corrected chi connectivity index (χ4v) is 2.21. The number of methoxy groups -OCH3 is 1. The number of nitrogens with one attached hydrogen (secondary N) is 1. The zero-order chi connectivity index (χ0) is 15.8. The van der Waals surface area contributed by atoms with Gasteiger partial charge in [-0.1, -0.05) is 54.6 Å². The molecular formula is C18H22N2O2. The third-order valence-corrected chi connectivity index (χ3v) is 3.46. The van der Waals surface area contributed by atoms with Gasteiger partial charge in [0.1, 0.15) is 0 Å². The second-order valence-corrected chi connectivity index (χ2v) is 5.25. The molecule has 1 amide bonds. The molecule has 116 valence electrons. The Hall–Kier alpha value is -2.17. The van der Waals surface area contributed by atoms with Gasteiger partial charge in [-0.3, -0.25) is 4.79 Å². The minimum Gasteiger partial charge on any atom is -0.380 e. The van der Waals surface area contributed by atoms with Gasteiger partial charge in [-0.15, -0.1) is 0 Å². The van der Waals surface area contributed by atoms with E-state index >= 15 is 0 Å². The van der Waals surface area contributed by atoms with Crippen molar-refractivity contribution in [1.29, 1.82) is 0 Å². The summed E-state index contributed by atoms with van der Waals surface area (Å²) in [5.41, 5.74) is 9.19. The summed E-state index contributed by atoms with van der Waals surface area (Å²) < 4.78 is 5.07. The SMILES string of the molecule is COCc1ccc(CNC(=O)CC(N)c2ccccc2)cc1. The van der Waals surface area contributed by atoms with Crippen LogP contribution >= 0.6 is 0 Å². The number of hydrogen-bond acceptors (Lipinski definition) is 3. The van der Waals surface area contributed by atoms with Crippen LogP contribution in [0.2, 0.25) is 0 Å². The molecule has 4 heteroatoms. The first-order valence-corrected chi connectivity index (χ1v) is 7.33. The fraction of sp³-hybridized carbons (Fsp3) is 0.278. The number of carbonyl (C=O) groups is 1. The van der Waals surface area contributed by atoms with Crippen LogP contribution in [0, 0.1) is 0 Å². The lowest BCUT2D eigenvalue weighted by Crippen LogP contribution is -2.27. The van der Waals surface area contributed by atoms with Gasteiger partial charge in [0, 0.05) is 26.1 Å². The molecule has 0 saturated carbocycles. The van der Waals surface area contributed by atoms with Crippen molar-refractivity contribution in [2.24, 2.45) is 5.73 Å². The molecule has 0 fully saturated rings. The Balaban J connectivity index is 1.80. The number of rotatable bonds is 7. The van der Waals surface area contributed by atoms with E-state index in [2.05, 4.69) is 5.32 Å². The lowest BCUT2D eigenvalue weighted by Gasteiger charge is -2.12. The van der Waals surface area contributed by atoms with Crippen LogP contribution in [0.5, 0.6) is 0 Å². The fourth-order valence-electron chi connectivity index (χ4n) is 2.21. The molecule has 0 aromatic heterocycles. The molecule has 0 spiro atoms. The predicted octanol–water partition coefficient (Wildman–Crippen LogP) is 2.54. The molecule has 3 N–H and O–H groups in total. The zero-order valence-corrected chi connectivity index (χ0v) is 12.8. The molecule has 0 saturated heterocycles. The summed E-state index contributed by atoms with van der Waals surface area (Å²) in [7, 11) is 1.67. The number of carbonyl (C=O) groups excluding carboxylic acids is 1. The quantitative estimate of drug-likeness (QED) is 0.825. The van der Waals surface area contributed by atoms with E-state index in [0.717, 1.165) is 16.7 Å². The summed E-state index contributed by atoms with van der Waals surface area (Å²) in [5, 5.41) is 2.90. The second-order valence-electron chi connectivity index (χ2n) is 5.25. The minimum atomic E-state index is -0.273. The Morgan fingerprint density at radius 3 is 2.36 bits per heavy atom. The molecule has 2 aromatic rings. The predicted molar refractivity (Wildman–Crippen MR) is 87.0 cm³/mol. The van der Waals surface area contributed by atoms with Crippen molar-refractivity contribution in [2.75, 3.05) is 7.11 Å². The molecular weight excluding hydrogens is 276 g/mol. The van der Waals surface area contributed by atoms with Gasteiger partial charge in [-0.2, -0.15) is 0 Å². The molecule has 0 bridgehead atoms. The van der Waals surface area contributed by atoms with Crippen LogP contribution in [-0.2, 0) is 22.7 Å². The number of hydrogen-bond donors (Lipinski definition) is 2. The van der Waals surface area contributed by atoms with Crippen molar-refractivity contribution in [3.05, 3.63) is 71.3 Å². The summed E-state index contributed by atoms with van der Waals surface area (Å²) >= 11 is 0. The molecule has 1 atom stereocenters. The molecule has 0 aliphatic heterocycles. The first-order valence-electron chi connectivity index (χ1n) is 7.33. The van der Waals surface area contributed by atoms with Crippen LogP contribution in [-0.4, -0.2) is 13.0 Å². The van der Waals surface area contributed by atoms with Crippen LogP contribution in [0.3, 0.4) is 0 Å². The van der Waals surface area contributed by atoms with Crippen LogP contribution in [0.1, 0.15) is 29.2 Å². The Labute approximate surface area is 131 Å². The van der Waals surface area contributed by atoms with Gasteiger partial charge in [0.15, 0.2) is 0 Å². The average molecular weight is 298 g/mol. The van der Waals surface area contributed by atoms with Crippen molar-refractivity contribution >= 4 is 5.91 Å². The summed E-state index contributed by atoms with van der Waals surface area (Å²) in [6.07, 6.45) is 0.284. The largest absolute Gasteiger partial charge is 0.380 e. The molecule has 0 radical (unpaired) electrons. The monoisotopic (exact) mass is 298 g/mol. The molecule has 0 aliphatic rings. The molecule has 2 aromatic carbocycles. The van der Waals surface area contributed by atoms with Gasteiger partial charge >= 0.3 is 0 Å². The summed E-state index contributed by atoms with van der Waals surface area (Å²) in [5.74, 6) is -0.0441. The maximum absolute atomic E-state index is 12.0. The Morgan fingerprint density at radius 1 is 1.09 bits per heavy atom. The Kier molecular flexibility index (Phi) is 6.13. The van der Waals surface area contributed by atoms with E-state index in [-0.39, 0.29) is 18.4 Å². The highest BCUT2D eigenvalue weighted by Crippen LogP contribution is 2.13. The molecule has 22 heavy (non-hydrogen) atoms. The van der Waals surface area contributed by atoms with Crippen molar-refractivity contribution < 1.29 is 9.53 Å². The van der Waals surface area contributed by atoms with E-state index in [1.165, 1.54) is 0 Å². The third-order valence-electron chi connectivity index (χ3n) is 3.46. The van der Waals surface area contributed by atoms with Crippen molar-refractivity contribution in [3.8, 4) is 0 Å². The topological polar surface area (TPSA) is 64.3 Å². The molecule has 1 unspecified atom stereocenters. The average Bonchev–Trinajstić information content (AvgIpc) is 2.55. The molecule has 0 heterocycles. The van der Waals surface area contributed by atoms with E-state index in [9.17, 15) is 4.79 Å². The van der Waals surface area contributed by atoms with E-state index in [4.69, 9.17) is 10.5 Å². The van der Waals surface area contributed by atoms with Crippen LogP contribution in [0.4, 0.5) is 0 Å². The third kappa shape index (κ3) is 4.98. The van der Waals surface area contributed by atoms with Crippen molar-refractivity contribution in [1.82, 2.24) is 5.32 Å². The highest BCUT2D eigenvalue weighted by Gasteiger charge is 2.10.